The van der Waals surface area contributed by atoms with Crippen LogP contribution in [-0.4, -0.2) is 0 Å². The molecule has 12 heavy (non-hydrogen) atoms. The predicted molar refractivity (Wildman–Crippen MR) is 60.6 cm³/mol. The fourth-order valence-electron chi connectivity index (χ4n) is 1.72. The molecule has 0 bridgehead atoms. The second-order valence-electron chi connectivity index (χ2n) is 3.06. The van der Waals surface area contributed by atoms with E-state index >= 15 is 0 Å². The summed E-state index contributed by atoms with van der Waals surface area (Å²) < 4.78 is 1.08. The minimum Gasteiger partial charge on any atom is -0.398 e. The smallest absolute Gasteiger partial charge is 0.0486 e. The van der Waals surface area contributed by atoms with Crippen LogP contribution in [0.25, 0.3) is 0 Å². The molecule has 0 radical (unpaired) electrons. The van der Waals surface area contributed by atoms with Crippen LogP contribution in [0.4, 0.5) is 5.69 Å². The van der Waals surface area contributed by atoms with Crippen LogP contribution in [0.5, 0.6) is 0 Å². The molecule has 3 heteroatoms. The van der Waals surface area contributed by atoms with E-state index in [9.17, 15) is 0 Å². The Kier molecular flexibility index (Phi) is 2.21. The second-order valence-corrected chi connectivity index (χ2v) is 4.63. The largest absolute Gasteiger partial charge is 0.398 e. The summed E-state index contributed by atoms with van der Waals surface area (Å²) >= 11 is 8.32. The molecule has 1 nitrogen and oxygen atoms in total. The van der Waals surface area contributed by atoms with E-state index in [1.54, 1.807) is 0 Å². The van der Waals surface area contributed by atoms with E-state index in [-0.39, 0.29) is 0 Å². The van der Waals surface area contributed by atoms with E-state index in [2.05, 4.69) is 22.6 Å². The van der Waals surface area contributed by atoms with Crippen molar-refractivity contribution in [2.45, 2.75) is 19.3 Å². The summed E-state index contributed by atoms with van der Waals surface area (Å²) in [4.78, 5) is 0. The van der Waals surface area contributed by atoms with Crippen molar-refractivity contribution in [1.82, 2.24) is 0 Å². The first-order chi connectivity index (χ1) is 5.70. The SMILES string of the molecule is Nc1c(I)cc(Cl)c2c1CCC2. The molecule has 1 aromatic carbocycles. The fraction of sp³-hybridized carbons (Fsp3) is 0.333. The first kappa shape index (κ1) is 8.63. The van der Waals surface area contributed by atoms with Crippen LogP contribution in [-0.2, 0) is 12.8 Å². The zero-order valence-electron chi connectivity index (χ0n) is 6.53. The highest BCUT2D eigenvalue weighted by atomic mass is 127. The maximum atomic E-state index is 6.09. The lowest BCUT2D eigenvalue weighted by Crippen LogP contribution is -1.97. The van der Waals surface area contributed by atoms with Gasteiger partial charge < -0.3 is 5.73 Å². The highest BCUT2D eigenvalue weighted by Gasteiger charge is 2.18. The number of nitrogen functional groups attached to an aromatic ring is 1. The summed E-state index contributed by atoms with van der Waals surface area (Å²) in [5, 5.41) is 0.890. The molecule has 0 amide bonds. The Hall–Kier alpha value is 0.0400. The minimum atomic E-state index is 0.890. The van der Waals surface area contributed by atoms with Crippen LogP contribution in [0.15, 0.2) is 6.07 Å². The average molecular weight is 294 g/mol. The molecular formula is C9H9ClIN. The van der Waals surface area contributed by atoms with Crippen molar-refractivity contribution in [2.24, 2.45) is 0 Å². The van der Waals surface area contributed by atoms with Crippen molar-refractivity contribution in [3.63, 3.8) is 0 Å². The van der Waals surface area contributed by atoms with Gasteiger partial charge in [-0.1, -0.05) is 11.6 Å². The number of fused-ring (bicyclic) bond motifs is 1. The first-order valence-corrected chi connectivity index (χ1v) is 5.41. The normalized spacial score (nSPS) is 14.8. The van der Waals surface area contributed by atoms with Crippen molar-refractivity contribution < 1.29 is 0 Å². The highest BCUT2D eigenvalue weighted by molar-refractivity contribution is 14.1. The molecule has 0 unspecified atom stereocenters. The molecule has 0 spiro atoms. The molecule has 0 heterocycles. The maximum absolute atomic E-state index is 6.09. The van der Waals surface area contributed by atoms with Gasteiger partial charge in [0.05, 0.1) is 0 Å². The van der Waals surface area contributed by atoms with Crippen LogP contribution >= 0.6 is 34.2 Å². The number of nitrogens with two attached hydrogens (primary N) is 1. The van der Waals surface area contributed by atoms with Gasteiger partial charge in [0.25, 0.3) is 0 Å². The Morgan fingerprint density at radius 2 is 2.00 bits per heavy atom. The number of halogens is 2. The first-order valence-electron chi connectivity index (χ1n) is 3.95. The number of rotatable bonds is 0. The Labute approximate surface area is 90.4 Å². The third-order valence-corrected chi connectivity index (χ3v) is 3.57. The molecule has 1 aromatic rings. The molecule has 1 aliphatic rings. The lowest BCUT2D eigenvalue weighted by Gasteiger charge is -2.07. The zero-order valence-corrected chi connectivity index (χ0v) is 9.45. The van der Waals surface area contributed by atoms with Crippen molar-refractivity contribution in [3.05, 3.63) is 25.8 Å². The number of hydrogen-bond acceptors (Lipinski definition) is 1. The quantitative estimate of drug-likeness (QED) is 0.577. The summed E-state index contributed by atoms with van der Waals surface area (Å²) in [5.41, 5.74) is 9.43. The van der Waals surface area contributed by atoms with Crippen molar-refractivity contribution in [3.8, 4) is 0 Å². The lowest BCUT2D eigenvalue weighted by molar-refractivity contribution is 0.912. The van der Waals surface area contributed by atoms with Gasteiger partial charge in [0.2, 0.25) is 0 Å². The fourth-order valence-corrected chi connectivity index (χ4v) is 2.86. The number of hydrogen-bond donors (Lipinski definition) is 1. The highest BCUT2D eigenvalue weighted by Crippen LogP contribution is 2.35. The Morgan fingerprint density at radius 3 is 2.75 bits per heavy atom. The van der Waals surface area contributed by atoms with Gasteiger partial charge in [-0.05, 0) is 59.0 Å². The summed E-state index contributed by atoms with van der Waals surface area (Å²) in [5.74, 6) is 0. The van der Waals surface area contributed by atoms with Crippen LogP contribution in [0.2, 0.25) is 5.02 Å². The summed E-state index contributed by atoms with van der Waals surface area (Å²) in [6, 6.07) is 1.96. The minimum absolute atomic E-state index is 0.890. The maximum Gasteiger partial charge on any atom is 0.0486 e. The van der Waals surface area contributed by atoms with Crippen molar-refractivity contribution in [1.29, 1.82) is 0 Å². The molecule has 0 atom stereocenters. The standard InChI is InChI=1S/C9H9ClIN/c10-7-4-8(11)9(12)6-3-1-2-5(6)7/h4H,1-3,12H2. The van der Waals surface area contributed by atoms with E-state index in [0.717, 1.165) is 27.1 Å². The molecule has 2 N–H and O–H groups in total. The third-order valence-electron chi connectivity index (χ3n) is 2.34. The van der Waals surface area contributed by atoms with Gasteiger partial charge in [0, 0.05) is 14.3 Å². The predicted octanol–water partition coefficient (Wildman–Crippen LogP) is 3.02. The van der Waals surface area contributed by atoms with Crippen LogP contribution in [0.1, 0.15) is 17.5 Å². The lowest BCUT2D eigenvalue weighted by atomic mass is 10.1. The number of benzene rings is 1. The van der Waals surface area contributed by atoms with Crippen LogP contribution in [0, 0.1) is 3.57 Å². The molecule has 0 aromatic heterocycles. The van der Waals surface area contributed by atoms with Gasteiger partial charge in [0.15, 0.2) is 0 Å². The summed E-state index contributed by atoms with van der Waals surface area (Å²) in [6.07, 6.45) is 3.38. The molecule has 0 fully saturated rings. The third kappa shape index (κ3) is 1.21. The Balaban J connectivity index is 2.69. The summed E-state index contributed by atoms with van der Waals surface area (Å²) in [6.45, 7) is 0. The topological polar surface area (TPSA) is 26.0 Å². The molecule has 1 aliphatic carbocycles. The molecule has 2 rings (SSSR count). The van der Waals surface area contributed by atoms with Gasteiger partial charge in [-0.3, -0.25) is 0 Å². The summed E-state index contributed by atoms with van der Waals surface area (Å²) in [7, 11) is 0. The molecule has 0 saturated carbocycles. The number of anilines is 1. The van der Waals surface area contributed by atoms with E-state index in [1.807, 2.05) is 6.07 Å². The van der Waals surface area contributed by atoms with E-state index in [4.69, 9.17) is 17.3 Å². The van der Waals surface area contributed by atoms with Gasteiger partial charge in [-0.2, -0.15) is 0 Å². The Morgan fingerprint density at radius 1 is 1.33 bits per heavy atom. The zero-order chi connectivity index (χ0) is 8.72. The molecular weight excluding hydrogens is 284 g/mol. The van der Waals surface area contributed by atoms with Crippen LogP contribution < -0.4 is 5.73 Å². The van der Waals surface area contributed by atoms with Crippen molar-refractivity contribution in [2.75, 3.05) is 5.73 Å². The van der Waals surface area contributed by atoms with E-state index in [1.165, 1.54) is 17.5 Å². The van der Waals surface area contributed by atoms with Crippen LogP contribution in [0.3, 0.4) is 0 Å². The molecule has 0 aliphatic heterocycles. The molecule has 64 valence electrons. The van der Waals surface area contributed by atoms with Crippen molar-refractivity contribution >= 4 is 39.9 Å². The van der Waals surface area contributed by atoms with E-state index < -0.39 is 0 Å². The van der Waals surface area contributed by atoms with E-state index in [0.29, 0.717) is 0 Å². The molecule has 0 saturated heterocycles. The second kappa shape index (κ2) is 3.07. The average Bonchev–Trinajstić information content (AvgIpc) is 2.48. The van der Waals surface area contributed by atoms with Gasteiger partial charge in [-0.25, -0.2) is 0 Å². The van der Waals surface area contributed by atoms with Gasteiger partial charge in [0.1, 0.15) is 0 Å². The monoisotopic (exact) mass is 293 g/mol. The van der Waals surface area contributed by atoms with Gasteiger partial charge >= 0.3 is 0 Å². The Bertz CT molecular complexity index is 336. The van der Waals surface area contributed by atoms with Gasteiger partial charge in [-0.15, -0.1) is 0 Å².